The van der Waals surface area contributed by atoms with Crippen LogP contribution in [0, 0.1) is 10.1 Å². The number of hydrogen-bond donors (Lipinski definition) is 0. The molecule has 3 aromatic carbocycles. The molecule has 0 saturated heterocycles. The highest BCUT2D eigenvalue weighted by molar-refractivity contribution is 6.09. The predicted octanol–water partition coefficient (Wildman–Crippen LogP) is 7.13. The summed E-state index contributed by atoms with van der Waals surface area (Å²) in [4.78, 5) is 13.1. The molecule has 6 nitrogen and oxygen atoms in total. The second-order valence-corrected chi connectivity index (χ2v) is 9.73. The van der Waals surface area contributed by atoms with Crippen LogP contribution in [0.5, 0.6) is 0 Å². The number of nitrogens with zero attached hydrogens (tertiary/aromatic N) is 3. The minimum absolute atomic E-state index is 0.228. The van der Waals surface area contributed by atoms with Gasteiger partial charge in [0.05, 0.1) is 11.5 Å². The van der Waals surface area contributed by atoms with Gasteiger partial charge in [-0.3, -0.25) is 10.1 Å². The number of furan rings is 1. The summed E-state index contributed by atoms with van der Waals surface area (Å²) in [6.07, 6.45) is 4.83. The van der Waals surface area contributed by atoms with E-state index in [1.54, 1.807) is 6.07 Å². The molecule has 5 rings (SSSR count). The molecule has 1 atom stereocenters. The van der Waals surface area contributed by atoms with E-state index in [-0.39, 0.29) is 5.88 Å². The second kappa shape index (κ2) is 9.69. The molecule has 4 aromatic rings. The van der Waals surface area contributed by atoms with Crippen LogP contribution in [-0.2, 0) is 11.8 Å². The molecule has 0 N–H and O–H groups in total. The van der Waals surface area contributed by atoms with Gasteiger partial charge in [-0.2, -0.15) is 4.58 Å². The second-order valence-electron chi connectivity index (χ2n) is 9.73. The van der Waals surface area contributed by atoms with Crippen LogP contribution in [0.25, 0.3) is 16.8 Å². The van der Waals surface area contributed by atoms with Gasteiger partial charge in [0.15, 0.2) is 5.71 Å². The fourth-order valence-corrected chi connectivity index (χ4v) is 5.69. The molecule has 0 radical (unpaired) electrons. The number of nitro groups is 1. The van der Waals surface area contributed by atoms with E-state index in [1.165, 1.54) is 28.1 Å². The minimum Gasteiger partial charge on any atom is -0.406 e. The fourth-order valence-electron chi connectivity index (χ4n) is 5.69. The van der Waals surface area contributed by atoms with Gasteiger partial charge in [0.25, 0.3) is 0 Å². The monoisotopic (exact) mass is 494 g/mol. The molecule has 1 unspecified atom stereocenters. The van der Waals surface area contributed by atoms with Gasteiger partial charge in [-0.25, -0.2) is 0 Å². The van der Waals surface area contributed by atoms with Crippen LogP contribution in [0.4, 0.5) is 17.3 Å². The normalized spacial score (nSPS) is 17.1. The van der Waals surface area contributed by atoms with Crippen LogP contribution in [0.2, 0.25) is 0 Å². The highest BCUT2D eigenvalue weighted by Gasteiger charge is 2.48. The average molecular weight is 495 g/mol. The van der Waals surface area contributed by atoms with Gasteiger partial charge in [0.1, 0.15) is 17.7 Å². The van der Waals surface area contributed by atoms with Gasteiger partial charge in [-0.05, 0) is 67.4 Å². The van der Waals surface area contributed by atoms with Gasteiger partial charge in [0, 0.05) is 42.9 Å². The number of allylic oxidation sites excluding steroid dienone is 1. The van der Waals surface area contributed by atoms with Gasteiger partial charge in [-0.1, -0.05) is 36.4 Å². The van der Waals surface area contributed by atoms with E-state index >= 15 is 0 Å². The Balaban J connectivity index is 1.58. The van der Waals surface area contributed by atoms with Crippen LogP contribution < -0.4 is 4.90 Å². The summed E-state index contributed by atoms with van der Waals surface area (Å²) in [6.45, 7) is 8.49. The number of rotatable bonds is 8. The third-order valence-corrected chi connectivity index (χ3v) is 7.56. The fraction of sp³-hybridized carbons (Fsp3) is 0.258. The van der Waals surface area contributed by atoms with Gasteiger partial charge >= 0.3 is 5.88 Å². The predicted molar refractivity (Wildman–Crippen MR) is 150 cm³/mol. The van der Waals surface area contributed by atoms with E-state index in [0.29, 0.717) is 12.2 Å². The van der Waals surface area contributed by atoms with Crippen molar-refractivity contribution < 1.29 is 13.9 Å². The summed E-state index contributed by atoms with van der Waals surface area (Å²) in [5, 5.41) is 13.6. The van der Waals surface area contributed by atoms with E-state index in [0.717, 1.165) is 30.1 Å². The van der Waals surface area contributed by atoms with Crippen molar-refractivity contribution in [1.82, 2.24) is 0 Å². The van der Waals surface area contributed by atoms with E-state index in [4.69, 9.17) is 4.42 Å². The molecular weight excluding hydrogens is 462 g/mol. The number of anilines is 1. The van der Waals surface area contributed by atoms with Crippen LogP contribution in [-0.4, -0.2) is 35.3 Å². The SMILES string of the molecule is CCN(CC)c1ccc(C=CC2=[N+](C)c3ccc4ccccc4c3C2(C)Cc2ccc([N+](=O)[O-])o2)cc1. The third-order valence-electron chi connectivity index (χ3n) is 7.56. The summed E-state index contributed by atoms with van der Waals surface area (Å²) >= 11 is 0. The first-order valence-electron chi connectivity index (χ1n) is 12.7. The molecule has 37 heavy (non-hydrogen) atoms. The molecule has 0 fully saturated rings. The summed E-state index contributed by atoms with van der Waals surface area (Å²) in [7, 11) is 2.09. The zero-order valence-electron chi connectivity index (χ0n) is 21.8. The van der Waals surface area contributed by atoms with Crippen molar-refractivity contribution in [2.24, 2.45) is 0 Å². The summed E-state index contributed by atoms with van der Waals surface area (Å²) in [5.41, 5.74) is 5.35. The molecule has 188 valence electrons. The van der Waals surface area contributed by atoms with Gasteiger partial charge in [0.2, 0.25) is 5.69 Å². The Kier molecular flexibility index (Phi) is 6.42. The standard InChI is InChI=1S/C31H32N3O3/c1-5-33(6-2)24-15-11-22(12-16-24)13-19-28-31(3,21-25-17-20-29(37-25)34(35)36)30-26-10-8-7-9-23(26)14-18-27(30)32(28)4/h7-20H,5-6,21H2,1-4H3/q+1. The molecule has 0 saturated carbocycles. The Bertz CT molecular complexity index is 1530. The lowest BCUT2D eigenvalue weighted by Gasteiger charge is -2.23. The maximum atomic E-state index is 11.3. The van der Waals surface area contributed by atoms with Crippen molar-refractivity contribution in [2.45, 2.75) is 32.6 Å². The Hall–Kier alpha value is -4.19. The molecule has 0 bridgehead atoms. The summed E-state index contributed by atoms with van der Waals surface area (Å²) < 4.78 is 7.88. The van der Waals surface area contributed by atoms with Crippen molar-refractivity contribution in [3.8, 4) is 0 Å². The largest absolute Gasteiger partial charge is 0.433 e. The topological polar surface area (TPSA) is 62.5 Å². The highest BCUT2D eigenvalue weighted by atomic mass is 16.6. The van der Waals surface area contributed by atoms with Crippen molar-refractivity contribution in [1.29, 1.82) is 0 Å². The number of fused-ring (bicyclic) bond motifs is 3. The molecule has 0 amide bonds. The Morgan fingerprint density at radius 2 is 1.70 bits per heavy atom. The van der Waals surface area contributed by atoms with Crippen LogP contribution in [0.3, 0.4) is 0 Å². The molecule has 6 heteroatoms. The molecule has 2 heterocycles. The molecule has 1 aliphatic rings. The van der Waals surface area contributed by atoms with E-state index in [2.05, 4.69) is 104 Å². The van der Waals surface area contributed by atoms with Crippen LogP contribution in [0.15, 0.2) is 83.3 Å². The van der Waals surface area contributed by atoms with Gasteiger partial charge < -0.3 is 9.32 Å². The lowest BCUT2D eigenvalue weighted by molar-refractivity contribution is -0.402. The molecule has 0 spiro atoms. The minimum atomic E-state index is -0.484. The average Bonchev–Trinajstić information content (AvgIpc) is 3.45. The van der Waals surface area contributed by atoms with Crippen molar-refractivity contribution >= 4 is 39.8 Å². The lowest BCUT2D eigenvalue weighted by atomic mass is 9.74. The first-order chi connectivity index (χ1) is 17.9. The lowest BCUT2D eigenvalue weighted by Crippen LogP contribution is -2.33. The first-order valence-corrected chi connectivity index (χ1v) is 12.7. The van der Waals surface area contributed by atoms with E-state index < -0.39 is 10.3 Å². The zero-order chi connectivity index (χ0) is 26.2. The van der Waals surface area contributed by atoms with Crippen molar-refractivity contribution in [3.63, 3.8) is 0 Å². The summed E-state index contributed by atoms with van der Waals surface area (Å²) in [5.74, 6) is 0.367. The van der Waals surface area contributed by atoms with E-state index in [9.17, 15) is 10.1 Å². The summed E-state index contributed by atoms with van der Waals surface area (Å²) in [6, 6.07) is 24.5. The van der Waals surface area contributed by atoms with Crippen LogP contribution in [0.1, 0.15) is 37.7 Å². The molecule has 0 aliphatic carbocycles. The smallest absolute Gasteiger partial charge is 0.406 e. The Morgan fingerprint density at radius 3 is 2.38 bits per heavy atom. The highest BCUT2D eigenvalue weighted by Crippen LogP contribution is 2.46. The maximum absolute atomic E-state index is 11.3. The first kappa shape index (κ1) is 24.5. The quantitative estimate of drug-likeness (QED) is 0.148. The van der Waals surface area contributed by atoms with Crippen LogP contribution >= 0.6 is 0 Å². The van der Waals surface area contributed by atoms with Crippen molar-refractivity contribution in [3.05, 3.63) is 106 Å². The zero-order valence-corrected chi connectivity index (χ0v) is 21.8. The third kappa shape index (κ3) is 4.33. The van der Waals surface area contributed by atoms with Crippen molar-refractivity contribution in [2.75, 3.05) is 25.0 Å². The Labute approximate surface area is 217 Å². The number of hydrogen-bond acceptors (Lipinski definition) is 4. The van der Waals surface area contributed by atoms with E-state index in [1.807, 2.05) is 6.07 Å². The molecule has 1 aromatic heterocycles. The van der Waals surface area contributed by atoms with Gasteiger partial charge in [-0.15, -0.1) is 0 Å². The Morgan fingerprint density at radius 1 is 0.973 bits per heavy atom. The molecular formula is C31H32N3O3+. The maximum Gasteiger partial charge on any atom is 0.433 e. The number of benzene rings is 3. The molecule has 1 aliphatic heterocycles.